The number of carbonyl (C=O) groups is 2. The second-order valence-corrected chi connectivity index (χ2v) is 17.0. The summed E-state index contributed by atoms with van der Waals surface area (Å²) >= 11 is 0. The second-order valence-electron chi connectivity index (χ2n) is 17.0. The first-order valence-electron chi connectivity index (χ1n) is 19.3. The van der Waals surface area contributed by atoms with Gasteiger partial charge in [0.2, 0.25) is 0 Å². The van der Waals surface area contributed by atoms with Crippen LogP contribution < -0.4 is 20.1 Å². The summed E-state index contributed by atoms with van der Waals surface area (Å²) < 4.78 is 11.8. The van der Waals surface area contributed by atoms with Crippen molar-refractivity contribution in [1.29, 1.82) is 0 Å². The van der Waals surface area contributed by atoms with Crippen molar-refractivity contribution in [2.75, 3.05) is 10.6 Å². The van der Waals surface area contributed by atoms with Crippen molar-refractivity contribution in [2.45, 2.75) is 137 Å². The highest BCUT2D eigenvalue weighted by Crippen LogP contribution is 2.40. The quantitative estimate of drug-likeness (QED) is 0.136. The first-order chi connectivity index (χ1) is 24.8. The Labute approximate surface area is 319 Å². The summed E-state index contributed by atoms with van der Waals surface area (Å²) in [5.74, 6) is 1.17. The molecule has 0 unspecified atom stereocenters. The van der Waals surface area contributed by atoms with Crippen LogP contribution in [0.5, 0.6) is 11.5 Å². The van der Waals surface area contributed by atoms with Crippen LogP contribution in [0.25, 0.3) is 0 Å². The highest BCUT2D eigenvalue weighted by molar-refractivity contribution is 5.87. The summed E-state index contributed by atoms with van der Waals surface area (Å²) in [7, 11) is 0. The summed E-state index contributed by atoms with van der Waals surface area (Å²) in [5.41, 5.74) is 7.81. The zero-order valence-corrected chi connectivity index (χ0v) is 34.3. The molecule has 0 atom stereocenters. The van der Waals surface area contributed by atoms with Crippen LogP contribution >= 0.6 is 0 Å². The molecule has 0 spiro atoms. The number of hydrogen-bond acceptors (Lipinski definition) is 4. The van der Waals surface area contributed by atoms with Crippen molar-refractivity contribution in [1.82, 2.24) is 0 Å². The predicted octanol–water partition coefficient (Wildman–Crippen LogP) is 13.2. The van der Waals surface area contributed by atoms with E-state index in [-0.39, 0.29) is 21.7 Å². The lowest BCUT2D eigenvalue weighted by Crippen LogP contribution is -2.23. The molecular weight excluding hydrogens is 657 g/mol. The lowest BCUT2D eigenvalue weighted by atomic mass is 9.76. The minimum atomic E-state index is -0.516. The van der Waals surface area contributed by atoms with Gasteiger partial charge in [0.25, 0.3) is 0 Å². The zero-order chi connectivity index (χ0) is 39.2. The Hall–Kier alpha value is -4.58. The van der Waals surface area contributed by atoms with E-state index < -0.39 is 12.2 Å². The maximum absolute atomic E-state index is 13.0. The molecule has 0 aliphatic carbocycles. The molecule has 0 aromatic heterocycles. The molecule has 4 aromatic carbocycles. The van der Waals surface area contributed by atoms with Gasteiger partial charge in [0.1, 0.15) is 11.5 Å². The molecule has 0 fully saturated rings. The standard InChI is InChI=1S/C47H62N2O4/c1-13-44(5,6)34-21-27-40(38(30-34)46(9,10)15-3)52-42(50)48-36-23-17-32(18-24-36)29-33-19-25-37(26-20-33)49-43(51)53-41-28-22-35(45(7,8)14-2)31-39(41)47(11,12)16-4/h17-28,30-31H,13-16,29H2,1-12H3,(H,48,50)(H,49,51). The van der Waals surface area contributed by atoms with Crippen molar-refractivity contribution in [3.05, 3.63) is 118 Å². The van der Waals surface area contributed by atoms with E-state index in [1.807, 2.05) is 60.7 Å². The fourth-order valence-electron chi connectivity index (χ4n) is 6.06. The van der Waals surface area contributed by atoms with Crippen LogP contribution in [-0.4, -0.2) is 12.2 Å². The minimum Gasteiger partial charge on any atom is -0.410 e. The van der Waals surface area contributed by atoms with Crippen molar-refractivity contribution in [3.63, 3.8) is 0 Å². The highest BCUT2D eigenvalue weighted by atomic mass is 16.6. The third kappa shape index (κ3) is 10.3. The summed E-state index contributed by atoms with van der Waals surface area (Å²) in [5, 5.41) is 5.78. The molecule has 0 aliphatic rings. The topological polar surface area (TPSA) is 76.7 Å². The van der Waals surface area contributed by atoms with Crippen LogP contribution in [-0.2, 0) is 28.1 Å². The summed E-state index contributed by atoms with van der Waals surface area (Å²) in [6.45, 7) is 26.4. The third-order valence-electron chi connectivity index (χ3n) is 11.7. The summed E-state index contributed by atoms with van der Waals surface area (Å²) in [6.07, 6.45) is 3.53. The van der Waals surface area contributed by atoms with E-state index in [1.54, 1.807) is 0 Å². The van der Waals surface area contributed by atoms with Gasteiger partial charge in [-0.2, -0.15) is 0 Å². The molecule has 0 bridgehead atoms. The maximum Gasteiger partial charge on any atom is 0.417 e. The molecule has 0 heterocycles. The molecule has 284 valence electrons. The Balaban J connectivity index is 1.37. The van der Waals surface area contributed by atoms with Gasteiger partial charge >= 0.3 is 12.2 Å². The summed E-state index contributed by atoms with van der Waals surface area (Å²) in [4.78, 5) is 26.1. The van der Waals surface area contributed by atoms with E-state index >= 15 is 0 Å². The molecule has 2 N–H and O–H groups in total. The van der Waals surface area contributed by atoms with Gasteiger partial charge < -0.3 is 9.47 Å². The Morgan fingerprint density at radius 2 is 0.792 bits per heavy atom. The molecule has 0 saturated carbocycles. The van der Waals surface area contributed by atoms with Crippen LogP contribution in [0.3, 0.4) is 0 Å². The first-order valence-corrected chi connectivity index (χ1v) is 19.3. The molecular formula is C47H62N2O4. The fourth-order valence-corrected chi connectivity index (χ4v) is 6.06. The van der Waals surface area contributed by atoms with E-state index in [0.717, 1.165) is 47.9 Å². The molecule has 0 radical (unpaired) electrons. The SMILES string of the molecule is CCC(C)(C)c1ccc(OC(=O)Nc2ccc(Cc3ccc(NC(=O)Oc4ccc(C(C)(C)CC)cc4C(C)(C)CC)cc3)cc2)c(C(C)(C)CC)c1. The Morgan fingerprint density at radius 3 is 1.09 bits per heavy atom. The van der Waals surface area contributed by atoms with Gasteiger partial charge in [-0.1, -0.05) is 132 Å². The van der Waals surface area contributed by atoms with Crippen molar-refractivity contribution < 1.29 is 19.1 Å². The molecule has 6 nitrogen and oxygen atoms in total. The average Bonchev–Trinajstić information content (AvgIpc) is 3.13. The van der Waals surface area contributed by atoms with E-state index in [9.17, 15) is 9.59 Å². The molecule has 0 saturated heterocycles. The van der Waals surface area contributed by atoms with Gasteiger partial charge in [-0.25, -0.2) is 9.59 Å². The lowest BCUT2D eigenvalue weighted by molar-refractivity contribution is 0.213. The van der Waals surface area contributed by atoms with E-state index in [4.69, 9.17) is 9.47 Å². The van der Waals surface area contributed by atoms with Crippen LogP contribution in [0, 0.1) is 0 Å². The molecule has 53 heavy (non-hydrogen) atoms. The molecule has 6 heteroatoms. The Kier molecular flexibility index (Phi) is 12.9. The van der Waals surface area contributed by atoms with Gasteiger partial charge in [-0.05, 0) is 112 Å². The van der Waals surface area contributed by atoms with Gasteiger partial charge in [0.05, 0.1) is 0 Å². The van der Waals surface area contributed by atoms with Crippen LogP contribution in [0.2, 0.25) is 0 Å². The van der Waals surface area contributed by atoms with E-state index in [0.29, 0.717) is 29.3 Å². The number of carbonyl (C=O) groups excluding carboxylic acids is 2. The molecule has 0 aliphatic heterocycles. The smallest absolute Gasteiger partial charge is 0.410 e. The predicted molar refractivity (Wildman–Crippen MR) is 221 cm³/mol. The maximum atomic E-state index is 13.0. The second kappa shape index (κ2) is 16.6. The van der Waals surface area contributed by atoms with Crippen LogP contribution in [0.15, 0.2) is 84.9 Å². The molecule has 4 aromatic rings. The number of ether oxygens (including phenoxy) is 2. The Bertz CT molecular complexity index is 1730. The highest BCUT2D eigenvalue weighted by Gasteiger charge is 2.29. The third-order valence-corrected chi connectivity index (χ3v) is 11.7. The Morgan fingerprint density at radius 1 is 0.472 bits per heavy atom. The molecule has 2 amide bonds. The number of nitrogens with one attached hydrogen (secondary N) is 2. The van der Waals surface area contributed by atoms with Crippen LogP contribution in [0.1, 0.15) is 142 Å². The van der Waals surface area contributed by atoms with E-state index in [2.05, 4.69) is 118 Å². The van der Waals surface area contributed by atoms with Gasteiger partial charge in [0.15, 0.2) is 0 Å². The number of hydrogen-bond donors (Lipinski definition) is 2. The van der Waals surface area contributed by atoms with Gasteiger partial charge in [-0.3, -0.25) is 10.6 Å². The lowest BCUT2D eigenvalue weighted by Gasteiger charge is -2.30. The number of amides is 2. The van der Waals surface area contributed by atoms with Crippen LogP contribution in [0.4, 0.5) is 21.0 Å². The van der Waals surface area contributed by atoms with Gasteiger partial charge in [0, 0.05) is 22.5 Å². The van der Waals surface area contributed by atoms with Crippen molar-refractivity contribution in [2.24, 2.45) is 0 Å². The van der Waals surface area contributed by atoms with Crippen molar-refractivity contribution in [3.8, 4) is 11.5 Å². The van der Waals surface area contributed by atoms with E-state index in [1.165, 1.54) is 11.1 Å². The monoisotopic (exact) mass is 718 g/mol. The fraction of sp³-hybridized carbons (Fsp3) is 0.447. The average molecular weight is 719 g/mol. The minimum absolute atomic E-state index is 0.0317. The van der Waals surface area contributed by atoms with Gasteiger partial charge in [-0.15, -0.1) is 0 Å². The largest absolute Gasteiger partial charge is 0.417 e. The van der Waals surface area contributed by atoms with Crippen molar-refractivity contribution >= 4 is 23.6 Å². The normalized spacial score (nSPS) is 12.3. The first kappa shape index (κ1) is 41.2. The molecule has 4 rings (SSSR count). The number of anilines is 2. The number of benzene rings is 4. The zero-order valence-electron chi connectivity index (χ0n) is 34.3. The summed E-state index contributed by atoms with van der Waals surface area (Å²) in [6, 6.07) is 27.9. The number of rotatable bonds is 14.